The highest BCUT2D eigenvalue weighted by Crippen LogP contribution is 2.34. The molecular weight excluding hydrogens is 242 g/mol. The molecule has 3 rings (SSSR count). The third kappa shape index (κ3) is 3.19. The van der Waals surface area contributed by atoms with Crippen molar-refractivity contribution in [2.45, 2.75) is 31.8 Å². The number of hydrogen-bond acceptors (Lipinski definition) is 4. The number of rotatable bonds is 6. The molecule has 1 atom stereocenters. The van der Waals surface area contributed by atoms with Crippen molar-refractivity contribution in [2.75, 3.05) is 19.8 Å². The minimum absolute atomic E-state index is 0.259. The molecular formula is C15H21NO3. The van der Waals surface area contributed by atoms with Crippen molar-refractivity contribution in [3.05, 3.63) is 23.8 Å². The zero-order valence-electron chi connectivity index (χ0n) is 11.1. The van der Waals surface area contributed by atoms with Crippen molar-refractivity contribution >= 4 is 0 Å². The first-order valence-corrected chi connectivity index (χ1v) is 7.09. The van der Waals surface area contributed by atoms with Crippen molar-refractivity contribution < 1.29 is 14.6 Å². The first-order valence-electron chi connectivity index (χ1n) is 7.09. The van der Waals surface area contributed by atoms with Gasteiger partial charge >= 0.3 is 0 Å². The lowest BCUT2D eigenvalue weighted by atomic mass is 10.1. The second kappa shape index (κ2) is 5.80. The average molecular weight is 263 g/mol. The SMILES string of the molecule is OCCC(NCc1ccc2c(c1)OCCO2)C1CC1. The van der Waals surface area contributed by atoms with Gasteiger partial charge in [0.05, 0.1) is 0 Å². The molecule has 0 spiro atoms. The number of aliphatic hydroxyl groups excluding tert-OH is 1. The van der Waals surface area contributed by atoms with Crippen molar-refractivity contribution in [3.8, 4) is 11.5 Å². The maximum atomic E-state index is 9.09. The largest absolute Gasteiger partial charge is 0.486 e. The van der Waals surface area contributed by atoms with E-state index in [2.05, 4.69) is 11.4 Å². The normalized spacial score (nSPS) is 19.2. The zero-order chi connectivity index (χ0) is 13.1. The number of ether oxygens (including phenoxy) is 2. The second-order valence-corrected chi connectivity index (χ2v) is 5.32. The lowest BCUT2D eigenvalue weighted by Crippen LogP contribution is -2.31. The third-order valence-corrected chi connectivity index (χ3v) is 3.81. The van der Waals surface area contributed by atoms with Crippen LogP contribution in [0.25, 0.3) is 0 Å². The number of benzene rings is 1. The fourth-order valence-corrected chi connectivity index (χ4v) is 2.59. The number of fused-ring (bicyclic) bond motifs is 1. The van der Waals surface area contributed by atoms with Crippen molar-refractivity contribution in [2.24, 2.45) is 5.92 Å². The lowest BCUT2D eigenvalue weighted by molar-refractivity contribution is 0.171. The van der Waals surface area contributed by atoms with E-state index in [1.807, 2.05) is 12.1 Å². The second-order valence-electron chi connectivity index (χ2n) is 5.32. The van der Waals surface area contributed by atoms with Crippen LogP contribution in [0.15, 0.2) is 18.2 Å². The molecule has 0 bridgehead atoms. The maximum absolute atomic E-state index is 9.09. The quantitative estimate of drug-likeness (QED) is 0.820. The molecule has 0 saturated heterocycles. The Morgan fingerprint density at radius 2 is 2.00 bits per heavy atom. The summed E-state index contributed by atoms with van der Waals surface area (Å²) in [6.45, 7) is 2.33. The van der Waals surface area contributed by atoms with Gasteiger partial charge in [0.25, 0.3) is 0 Å². The van der Waals surface area contributed by atoms with Crippen LogP contribution >= 0.6 is 0 Å². The molecule has 1 heterocycles. The van der Waals surface area contributed by atoms with Gasteiger partial charge in [0.2, 0.25) is 0 Å². The van der Waals surface area contributed by atoms with Gasteiger partial charge in [-0.1, -0.05) is 6.07 Å². The Labute approximate surface area is 113 Å². The van der Waals surface area contributed by atoms with Crippen LogP contribution in [-0.4, -0.2) is 31.0 Å². The molecule has 2 aliphatic rings. The van der Waals surface area contributed by atoms with Gasteiger partial charge in [-0.15, -0.1) is 0 Å². The smallest absolute Gasteiger partial charge is 0.161 e. The lowest BCUT2D eigenvalue weighted by Gasteiger charge is -2.20. The predicted molar refractivity (Wildman–Crippen MR) is 72.5 cm³/mol. The monoisotopic (exact) mass is 263 g/mol. The molecule has 19 heavy (non-hydrogen) atoms. The molecule has 4 heteroatoms. The van der Waals surface area contributed by atoms with Crippen LogP contribution in [0.1, 0.15) is 24.8 Å². The highest BCUT2D eigenvalue weighted by Gasteiger charge is 2.30. The van der Waals surface area contributed by atoms with Gasteiger partial charge in [-0.2, -0.15) is 0 Å². The van der Waals surface area contributed by atoms with E-state index in [4.69, 9.17) is 14.6 Å². The van der Waals surface area contributed by atoms with Gasteiger partial charge in [-0.3, -0.25) is 0 Å². The Morgan fingerprint density at radius 1 is 1.21 bits per heavy atom. The fourth-order valence-electron chi connectivity index (χ4n) is 2.59. The number of nitrogens with one attached hydrogen (secondary N) is 1. The van der Waals surface area contributed by atoms with Gasteiger partial charge in [-0.05, 0) is 42.9 Å². The molecule has 104 valence electrons. The summed E-state index contributed by atoms with van der Waals surface area (Å²) in [6.07, 6.45) is 3.42. The van der Waals surface area contributed by atoms with Crippen LogP contribution in [0.5, 0.6) is 11.5 Å². The Bertz CT molecular complexity index is 431. The third-order valence-electron chi connectivity index (χ3n) is 3.81. The topological polar surface area (TPSA) is 50.7 Å². The maximum Gasteiger partial charge on any atom is 0.161 e. The van der Waals surface area contributed by atoms with E-state index in [0.29, 0.717) is 19.3 Å². The molecule has 1 aromatic rings. The van der Waals surface area contributed by atoms with Gasteiger partial charge in [0.1, 0.15) is 13.2 Å². The van der Waals surface area contributed by atoms with E-state index in [1.54, 1.807) is 0 Å². The van der Waals surface area contributed by atoms with Crippen molar-refractivity contribution in [1.82, 2.24) is 5.32 Å². The van der Waals surface area contributed by atoms with E-state index in [0.717, 1.165) is 30.4 Å². The first-order chi connectivity index (χ1) is 9.36. The summed E-state index contributed by atoms with van der Waals surface area (Å²) in [5, 5.41) is 12.6. The summed E-state index contributed by atoms with van der Waals surface area (Å²) >= 11 is 0. The summed E-state index contributed by atoms with van der Waals surface area (Å²) in [7, 11) is 0. The Morgan fingerprint density at radius 3 is 2.74 bits per heavy atom. The molecule has 0 aromatic heterocycles. The Kier molecular flexibility index (Phi) is 3.89. The average Bonchev–Trinajstić information content (AvgIpc) is 3.28. The highest BCUT2D eigenvalue weighted by molar-refractivity contribution is 5.43. The van der Waals surface area contributed by atoms with Crippen molar-refractivity contribution in [1.29, 1.82) is 0 Å². The summed E-state index contributed by atoms with van der Waals surface area (Å²) in [5.41, 5.74) is 1.20. The predicted octanol–water partition coefficient (Wildman–Crippen LogP) is 1.71. The van der Waals surface area contributed by atoms with Crippen LogP contribution in [0.4, 0.5) is 0 Å². The van der Waals surface area contributed by atoms with Crippen LogP contribution in [0.3, 0.4) is 0 Å². The van der Waals surface area contributed by atoms with Crippen LogP contribution < -0.4 is 14.8 Å². The molecule has 1 fully saturated rings. The minimum Gasteiger partial charge on any atom is -0.486 e. The molecule has 0 radical (unpaired) electrons. The zero-order valence-corrected chi connectivity index (χ0v) is 11.1. The van der Waals surface area contributed by atoms with E-state index in [-0.39, 0.29) is 6.61 Å². The van der Waals surface area contributed by atoms with Crippen LogP contribution in [-0.2, 0) is 6.54 Å². The van der Waals surface area contributed by atoms with Crippen molar-refractivity contribution in [3.63, 3.8) is 0 Å². The summed E-state index contributed by atoms with van der Waals surface area (Å²) in [5.74, 6) is 2.43. The summed E-state index contributed by atoms with van der Waals surface area (Å²) < 4.78 is 11.1. The molecule has 1 aromatic carbocycles. The molecule has 1 unspecified atom stereocenters. The van der Waals surface area contributed by atoms with E-state index in [1.165, 1.54) is 18.4 Å². The summed E-state index contributed by atoms with van der Waals surface area (Å²) in [6, 6.07) is 6.54. The van der Waals surface area contributed by atoms with E-state index >= 15 is 0 Å². The fraction of sp³-hybridized carbons (Fsp3) is 0.600. The standard InChI is InChI=1S/C15H21NO3/c17-6-5-13(12-2-3-12)16-10-11-1-4-14-15(9-11)19-8-7-18-14/h1,4,9,12-13,16-17H,2-3,5-8,10H2. The number of aliphatic hydroxyl groups is 1. The van der Waals surface area contributed by atoms with Gasteiger partial charge in [0, 0.05) is 19.2 Å². The Balaban J connectivity index is 1.59. The van der Waals surface area contributed by atoms with Gasteiger partial charge < -0.3 is 19.9 Å². The van der Waals surface area contributed by atoms with E-state index in [9.17, 15) is 0 Å². The van der Waals surface area contributed by atoms with Crippen LogP contribution in [0, 0.1) is 5.92 Å². The number of hydrogen-bond donors (Lipinski definition) is 2. The van der Waals surface area contributed by atoms with Gasteiger partial charge in [-0.25, -0.2) is 0 Å². The Hall–Kier alpha value is -1.26. The minimum atomic E-state index is 0.259. The van der Waals surface area contributed by atoms with Gasteiger partial charge in [0.15, 0.2) is 11.5 Å². The first kappa shape index (κ1) is 12.8. The van der Waals surface area contributed by atoms with E-state index < -0.39 is 0 Å². The van der Waals surface area contributed by atoms with Crippen LogP contribution in [0.2, 0.25) is 0 Å². The molecule has 2 N–H and O–H groups in total. The molecule has 1 aliphatic carbocycles. The molecule has 1 saturated carbocycles. The molecule has 1 aliphatic heterocycles. The summed E-state index contributed by atoms with van der Waals surface area (Å²) in [4.78, 5) is 0. The highest BCUT2D eigenvalue weighted by atomic mass is 16.6. The molecule has 4 nitrogen and oxygen atoms in total. The molecule has 0 amide bonds.